The molecule has 2 amide bonds. The van der Waals surface area contributed by atoms with Crippen LogP contribution < -0.4 is 14.4 Å². The second kappa shape index (κ2) is 14.1. The van der Waals surface area contributed by atoms with Crippen molar-refractivity contribution in [3.05, 3.63) is 87.4 Å². The van der Waals surface area contributed by atoms with E-state index < -0.39 is 28.5 Å². The maximum Gasteiger partial charge on any atom is 0.264 e. The van der Waals surface area contributed by atoms with Gasteiger partial charge in [0.25, 0.3) is 10.0 Å². The first-order valence-corrected chi connectivity index (χ1v) is 15.0. The lowest BCUT2D eigenvalue weighted by atomic mass is 10.1. The minimum absolute atomic E-state index is 0.00265. The summed E-state index contributed by atoms with van der Waals surface area (Å²) in [6.07, 6.45) is 0.293. The second-order valence-electron chi connectivity index (χ2n) is 8.76. The predicted molar refractivity (Wildman–Crippen MR) is 159 cm³/mol. The molecule has 0 fully saturated rings. The highest BCUT2D eigenvalue weighted by atomic mass is 35.5. The number of amides is 2. The fourth-order valence-corrected chi connectivity index (χ4v) is 5.99. The molecule has 1 atom stereocenters. The molecule has 3 rings (SSSR count). The van der Waals surface area contributed by atoms with E-state index >= 15 is 0 Å². The molecule has 0 saturated heterocycles. The van der Waals surface area contributed by atoms with Crippen LogP contribution in [0.4, 0.5) is 5.69 Å². The van der Waals surface area contributed by atoms with E-state index in [0.717, 1.165) is 4.31 Å². The zero-order chi connectivity index (χ0) is 29.4. The van der Waals surface area contributed by atoms with E-state index in [0.29, 0.717) is 39.3 Å². The summed E-state index contributed by atoms with van der Waals surface area (Å²) < 4.78 is 33.9. The van der Waals surface area contributed by atoms with Crippen LogP contribution in [0.25, 0.3) is 0 Å². The molecule has 0 bridgehead atoms. The smallest absolute Gasteiger partial charge is 0.264 e. The number of hydrogen-bond acceptors (Lipinski definition) is 5. The summed E-state index contributed by atoms with van der Waals surface area (Å²) >= 11 is 18.5. The summed E-state index contributed by atoms with van der Waals surface area (Å²) in [5.74, 6) is -0.475. The van der Waals surface area contributed by atoms with Gasteiger partial charge in [-0.2, -0.15) is 0 Å². The SMILES string of the molecule is CCNC(=O)C(CC)N(Cc1ccc(Cl)c(Cl)c1)C(=O)CN(c1cccc(Cl)c1)S(=O)(=O)c1ccc(OC)cc1. The number of likely N-dealkylation sites (N-methyl/N-ethyl adjacent to an activating group) is 1. The van der Waals surface area contributed by atoms with E-state index in [1.807, 2.05) is 0 Å². The van der Waals surface area contributed by atoms with Crippen LogP contribution in [-0.2, 0) is 26.2 Å². The maximum atomic E-state index is 14.0. The van der Waals surface area contributed by atoms with Gasteiger partial charge in [0.05, 0.1) is 27.7 Å². The third-order valence-corrected chi connectivity index (χ3v) is 8.86. The summed E-state index contributed by atoms with van der Waals surface area (Å²) in [5, 5.41) is 3.69. The van der Waals surface area contributed by atoms with E-state index in [2.05, 4.69) is 5.32 Å². The minimum atomic E-state index is -4.24. The van der Waals surface area contributed by atoms with E-state index in [-0.39, 0.29) is 23.0 Å². The van der Waals surface area contributed by atoms with Gasteiger partial charge in [-0.05, 0) is 73.5 Å². The van der Waals surface area contributed by atoms with Crippen molar-refractivity contribution in [3.8, 4) is 5.75 Å². The molecule has 40 heavy (non-hydrogen) atoms. The molecule has 0 heterocycles. The molecule has 12 heteroatoms. The average molecular weight is 627 g/mol. The molecule has 214 valence electrons. The Balaban J connectivity index is 2.07. The van der Waals surface area contributed by atoms with Crippen LogP contribution in [0.1, 0.15) is 25.8 Å². The fourth-order valence-electron chi connectivity index (χ4n) is 4.08. The average Bonchev–Trinajstić information content (AvgIpc) is 2.93. The standard InChI is InChI=1S/C28H30Cl3N3O5S/c1-4-26(28(36)32-5-2)33(17-19-9-14-24(30)25(31)15-19)27(35)18-34(21-8-6-7-20(29)16-21)40(37,38)23-12-10-22(39-3)11-13-23/h6-16,26H,4-5,17-18H2,1-3H3,(H,32,36). The van der Waals surface area contributed by atoms with Crippen LogP contribution >= 0.6 is 34.8 Å². The normalized spacial score (nSPS) is 11.9. The number of methoxy groups -OCH3 is 1. The first kappa shape index (κ1) is 31.5. The Kier molecular flexibility index (Phi) is 11.1. The van der Waals surface area contributed by atoms with E-state index in [4.69, 9.17) is 39.5 Å². The van der Waals surface area contributed by atoms with Gasteiger partial charge in [0.1, 0.15) is 18.3 Å². The number of nitrogens with zero attached hydrogens (tertiary/aromatic N) is 2. The van der Waals surface area contributed by atoms with Crippen LogP contribution in [0, 0.1) is 0 Å². The molecule has 0 spiro atoms. The third kappa shape index (κ3) is 7.60. The van der Waals surface area contributed by atoms with Gasteiger partial charge in [-0.1, -0.05) is 53.9 Å². The first-order valence-electron chi connectivity index (χ1n) is 12.4. The second-order valence-corrected chi connectivity index (χ2v) is 11.9. The Morgan fingerprint density at radius 3 is 2.23 bits per heavy atom. The summed E-state index contributed by atoms with van der Waals surface area (Å²) in [5.41, 5.74) is 0.815. The summed E-state index contributed by atoms with van der Waals surface area (Å²) in [4.78, 5) is 28.3. The molecule has 0 aliphatic rings. The molecule has 3 aromatic carbocycles. The van der Waals surface area contributed by atoms with Gasteiger partial charge in [-0.3, -0.25) is 13.9 Å². The third-order valence-electron chi connectivity index (χ3n) is 6.10. The number of benzene rings is 3. The van der Waals surface area contributed by atoms with E-state index in [1.54, 1.807) is 50.2 Å². The van der Waals surface area contributed by atoms with Crippen molar-refractivity contribution in [2.45, 2.75) is 37.8 Å². The number of carbonyl (C=O) groups excluding carboxylic acids is 2. The molecule has 0 saturated carbocycles. The monoisotopic (exact) mass is 625 g/mol. The van der Waals surface area contributed by atoms with Crippen molar-refractivity contribution in [3.63, 3.8) is 0 Å². The molecular formula is C28H30Cl3N3O5S. The quantitative estimate of drug-likeness (QED) is 0.274. The Hall–Kier alpha value is -2.98. The Bertz CT molecular complexity index is 1450. The molecule has 8 nitrogen and oxygen atoms in total. The Morgan fingerprint density at radius 2 is 1.65 bits per heavy atom. The van der Waals surface area contributed by atoms with Crippen molar-refractivity contribution in [1.29, 1.82) is 0 Å². The lowest BCUT2D eigenvalue weighted by Gasteiger charge is -2.33. The molecule has 0 radical (unpaired) electrons. The van der Waals surface area contributed by atoms with Crippen LogP contribution in [0.2, 0.25) is 15.1 Å². The largest absolute Gasteiger partial charge is 0.497 e. The van der Waals surface area contributed by atoms with Crippen LogP contribution in [0.15, 0.2) is 71.6 Å². The van der Waals surface area contributed by atoms with Crippen molar-refractivity contribution in [1.82, 2.24) is 10.2 Å². The van der Waals surface area contributed by atoms with Gasteiger partial charge in [-0.25, -0.2) is 8.42 Å². The number of sulfonamides is 1. The summed E-state index contributed by atoms with van der Waals surface area (Å²) in [6, 6.07) is 16.1. The first-order chi connectivity index (χ1) is 19.0. The highest BCUT2D eigenvalue weighted by molar-refractivity contribution is 7.92. The number of halogens is 3. The number of hydrogen-bond donors (Lipinski definition) is 1. The van der Waals surface area contributed by atoms with Gasteiger partial charge >= 0.3 is 0 Å². The fraction of sp³-hybridized carbons (Fsp3) is 0.286. The van der Waals surface area contributed by atoms with Crippen LogP contribution in [0.3, 0.4) is 0 Å². The van der Waals surface area contributed by atoms with Crippen molar-refractivity contribution in [2.75, 3.05) is 24.5 Å². The van der Waals surface area contributed by atoms with Gasteiger partial charge < -0.3 is 15.0 Å². The van der Waals surface area contributed by atoms with Crippen LogP contribution in [0.5, 0.6) is 5.75 Å². The molecule has 3 aromatic rings. The molecular weight excluding hydrogens is 597 g/mol. The minimum Gasteiger partial charge on any atom is -0.497 e. The predicted octanol–water partition coefficient (Wildman–Crippen LogP) is 5.79. The molecule has 0 aliphatic heterocycles. The summed E-state index contributed by atoms with van der Waals surface area (Å²) in [7, 11) is -2.77. The van der Waals surface area contributed by atoms with Crippen molar-refractivity contribution in [2.24, 2.45) is 0 Å². The molecule has 0 aromatic heterocycles. The lowest BCUT2D eigenvalue weighted by Crippen LogP contribution is -2.52. The van der Waals surface area contributed by atoms with Gasteiger partial charge in [0.15, 0.2) is 0 Å². The van der Waals surface area contributed by atoms with Gasteiger partial charge in [0.2, 0.25) is 11.8 Å². The Labute approximate surface area is 249 Å². The topological polar surface area (TPSA) is 96.0 Å². The summed E-state index contributed by atoms with van der Waals surface area (Å²) in [6.45, 7) is 3.32. The zero-order valence-corrected chi connectivity index (χ0v) is 25.3. The van der Waals surface area contributed by atoms with Crippen molar-refractivity contribution < 1.29 is 22.7 Å². The zero-order valence-electron chi connectivity index (χ0n) is 22.2. The van der Waals surface area contributed by atoms with Crippen molar-refractivity contribution >= 4 is 62.3 Å². The van der Waals surface area contributed by atoms with E-state index in [1.165, 1.54) is 42.3 Å². The number of ether oxygens (including phenoxy) is 1. The Morgan fingerprint density at radius 1 is 0.950 bits per heavy atom. The van der Waals surface area contributed by atoms with Gasteiger partial charge in [-0.15, -0.1) is 0 Å². The number of anilines is 1. The number of nitrogens with one attached hydrogen (secondary N) is 1. The van der Waals surface area contributed by atoms with Crippen LogP contribution in [-0.4, -0.2) is 51.4 Å². The highest BCUT2D eigenvalue weighted by Gasteiger charge is 2.33. The molecule has 1 unspecified atom stereocenters. The van der Waals surface area contributed by atoms with E-state index in [9.17, 15) is 18.0 Å². The lowest BCUT2D eigenvalue weighted by molar-refractivity contribution is -0.140. The molecule has 1 N–H and O–H groups in total. The molecule has 0 aliphatic carbocycles. The number of carbonyl (C=O) groups is 2. The van der Waals surface area contributed by atoms with Gasteiger partial charge in [0, 0.05) is 18.1 Å². The number of rotatable bonds is 12. The maximum absolute atomic E-state index is 14.0. The highest BCUT2D eigenvalue weighted by Crippen LogP contribution is 2.29.